The Hall–Kier alpha value is -3.84. The van der Waals surface area contributed by atoms with Gasteiger partial charge in [0.1, 0.15) is 12.2 Å². The highest BCUT2D eigenvalue weighted by atomic mass is 28.4. The highest BCUT2D eigenvalue weighted by Gasteiger charge is 2.53. The van der Waals surface area contributed by atoms with Gasteiger partial charge in [-0.05, 0) is 33.1 Å². The van der Waals surface area contributed by atoms with Crippen molar-refractivity contribution in [1.82, 2.24) is 0 Å². The zero-order valence-electron chi connectivity index (χ0n) is 22.5. The molecule has 6 heteroatoms. The van der Waals surface area contributed by atoms with Crippen LogP contribution in [0.2, 0.25) is 5.04 Å². The van der Waals surface area contributed by atoms with Crippen molar-refractivity contribution >= 4 is 30.4 Å². The van der Waals surface area contributed by atoms with Crippen LogP contribution in [-0.4, -0.2) is 37.9 Å². The van der Waals surface area contributed by atoms with Gasteiger partial charge in [0.2, 0.25) is 5.78 Å². The Bertz CT molecular complexity index is 1310. The molecule has 0 bridgehead atoms. The van der Waals surface area contributed by atoms with E-state index in [1.54, 1.807) is 54.6 Å². The Labute approximate surface area is 231 Å². The number of carbonyl (C=O) groups excluding carboxylic acids is 2. The highest BCUT2D eigenvalue weighted by molar-refractivity contribution is 6.99. The molecule has 0 radical (unpaired) electrons. The maximum Gasteiger partial charge on any atom is 0.338 e. The number of aliphatic hydroxyl groups is 1. The molecule has 0 saturated heterocycles. The minimum atomic E-state index is -3.21. The maximum atomic E-state index is 13.8. The van der Waals surface area contributed by atoms with Crippen molar-refractivity contribution in [3.05, 3.63) is 132 Å². The fourth-order valence-electron chi connectivity index (χ4n) is 4.89. The first-order chi connectivity index (χ1) is 18.7. The Morgan fingerprint density at radius 2 is 1.15 bits per heavy atom. The van der Waals surface area contributed by atoms with Gasteiger partial charge in [0, 0.05) is 0 Å². The molecule has 0 aromatic heterocycles. The molecule has 4 aromatic rings. The maximum absolute atomic E-state index is 13.8. The molecule has 1 N–H and O–H groups in total. The van der Waals surface area contributed by atoms with Crippen molar-refractivity contribution in [2.24, 2.45) is 0 Å². The lowest BCUT2D eigenvalue weighted by molar-refractivity contribution is -0.134. The summed E-state index contributed by atoms with van der Waals surface area (Å²) < 4.78 is 12.4. The highest BCUT2D eigenvalue weighted by Crippen LogP contribution is 2.39. The van der Waals surface area contributed by atoms with Crippen LogP contribution in [0.25, 0.3) is 0 Å². The molecule has 0 heterocycles. The molecule has 0 aliphatic heterocycles. The smallest absolute Gasteiger partial charge is 0.338 e. The summed E-state index contributed by atoms with van der Waals surface area (Å²) in [6, 6.07) is 37.3. The van der Waals surface area contributed by atoms with Crippen LogP contribution < -0.4 is 10.4 Å². The van der Waals surface area contributed by atoms with Gasteiger partial charge < -0.3 is 14.3 Å². The number of aliphatic hydroxyl groups excluding tert-OH is 1. The molecular formula is C33H34O5Si. The SMILES string of the molecule is CC(C)(C)[Si](O[C@@H](C(=O)COC(=O)c1ccccc1)[C@@H](O)c1ccccc1)(c1ccccc1)c1ccccc1. The summed E-state index contributed by atoms with van der Waals surface area (Å²) >= 11 is 0. The van der Waals surface area contributed by atoms with Crippen molar-refractivity contribution in [3.8, 4) is 0 Å². The molecular weight excluding hydrogens is 504 g/mol. The van der Waals surface area contributed by atoms with Gasteiger partial charge >= 0.3 is 5.97 Å². The number of Topliss-reactive ketones (excluding diaryl/α,β-unsaturated/α-hetero) is 1. The fraction of sp³-hybridized carbons (Fsp3) is 0.212. The second kappa shape index (κ2) is 12.3. The van der Waals surface area contributed by atoms with Crippen LogP contribution in [0.4, 0.5) is 0 Å². The number of ether oxygens (including phenoxy) is 1. The zero-order chi connectivity index (χ0) is 27.9. The molecule has 39 heavy (non-hydrogen) atoms. The van der Waals surface area contributed by atoms with E-state index in [4.69, 9.17) is 9.16 Å². The van der Waals surface area contributed by atoms with Gasteiger partial charge in [-0.15, -0.1) is 0 Å². The molecule has 4 aromatic carbocycles. The van der Waals surface area contributed by atoms with Gasteiger partial charge in [-0.2, -0.15) is 0 Å². The number of hydrogen-bond acceptors (Lipinski definition) is 5. The summed E-state index contributed by atoms with van der Waals surface area (Å²) in [6.45, 7) is 5.78. The molecule has 0 spiro atoms. The monoisotopic (exact) mass is 538 g/mol. The third-order valence-electron chi connectivity index (χ3n) is 6.82. The largest absolute Gasteiger partial charge is 0.454 e. The Kier molecular flexibility index (Phi) is 8.92. The van der Waals surface area contributed by atoms with Crippen molar-refractivity contribution in [1.29, 1.82) is 0 Å². The van der Waals surface area contributed by atoms with E-state index >= 15 is 0 Å². The van der Waals surface area contributed by atoms with Crippen LogP contribution in [0.15, 0.2) is 121 Å². The standard InChI is InChI=1S/C33H34O5Si/c1-33(2,3)39(27-20-12-6-13-21-27,28-22-14-7-15-23-28)38-31(30(35)25-16-8-4-9-17-25)29(34)24-37-32(36)26-18-10-5-11-19-26/h4-23,30-31,35H,24H2,1-3H3/t30-,31-/m0/s1. The number of ketones is 1. The summed E-state index contributed by atoms with van der Waals surface area (Å²) in [7, 11) is -3.21. The Morgan fingerprint density at radius 3 is 1.62 bits per heavy atom. The predicted octanol–water partition coefficient (Wildman–Crippen LogP) is 5.09. The van der Waals surface area contributed by atoms with Crippen LogP contribution in [0.1, 0.15) is 42.8 Å². The molecule has 0 aliphatic carbocycles. The number of hydrogen-bond donors (Lipinski definition) is 1. The predicted molar refractivity (Wildman–Crippen MR) is 156 cm³/mol. The molecule has 0 unspecified atom stereocenters. The third kappa shape index (κ3) is 6.25. The lowest BCUT2D eigenvalue weighted by atomic mass is 10.0. The summed E-state index contributed by atoms with van der Waals surface area (Å²) in [6.07, 6.45) is -2.54. The molecule has 0 aliphatic rings. The summed E-state index contributed by atoms with van der Waals surface area (Å²) in [5.74, 6) is -1.12. The van der Waals surface area contributed by atoms with Gasteiger partial charge in [-0.1, -0.05) is 130 Å². The number of carbonyl (C=O) groups is 2. The van der Waals surface area contributed by atoms with Gasteiger partial charge in [0.25, 0.3) is 8.32 Å². The molecule has 2 atom stereocenters. The molecule has 0 fully saturated rings. The molecule has 5 nitrogen and oxygen atoms in total. The van der Waals surface area contributed by atoms with E-state index in [9.17, 15) is 14.7 Å². The van der Waals surface area contributed by atoms with Crippen LogP contribution >= 0.6 is 0 Å². The van der Waals surface area contributed by atoms with Crippen LogP contribution in [-0.2, 0) is 14.0 Å². The normalized spacial score (nSPS) is 13.3. The van der Waals surface area contributed by atoms with E-state index in [0.717, 1.165) is 10.4 Å². The topological polar surface area (TPSA) is 72.8 Å². The van der Waals surface area contributed by atoms with Crippen molar-refractivity contribution in [2.45, 2.75) is 38.0 Å². The number of rotatable bonds is 10. The van der Waals surface area contributed by atoms with Crippen molar-refractivity contribution in [2.75, 3.05) is 6.61 Å². The van der Waals surface area contributed by atoms with Gasteiger partial charge in [-0.25, -0.2) is 4.79 Å². The lowest BCUT2D eigenvalue weighted by Gasteiger charge is -2.45. The van der Waals surface area contributed by atoms with Gasteiger partial charge in [-0.3, -0.25) is 4.79 Å². The van der Waals surface area contributed by atoms with Gasteiger partial charge in [0.05, 0.1) is 5.56 Å². The van der Waals surface area contributed by atoms with E-state index in [0.29, 0.717) is 11.1 Å². The van der Waals surface area contributed by atoms with Gasteiger partial charge in [0.15, 0.2) is 6.61 Å². The molecule has 4 rings (SSSR count). The third-order valence-corrected chi connectivity index (χ3v) is 11.8. The first kappa shape index (κ1) is 28.2. The van der Waals surface area contributed by atoms with Crippen molar-refractivity contribution < 1.29 is 23.9 Å². The van der Waals surface area contributed by atoms with E-state index in [-0.39, 0.29) is 0 Å². The Balaban J connectivity index is 1.78. The Morgan fingerprint density at radius 1 is 0.718 bits per heavy atom. The minimum absolute atomic E-state index is 0.346. The number of esters is 1. The van der Waals surface area contributed by atoms with Crippen LogP contribution in [0.3, 0.4) is 0 Å². The molecule has 200 valence electrons. The quantitative estimate of drug-likeness (QED) is 0.225. The zero-order valence-corrected chi connectivity index (χ0v) is 23.5. The second-order valence-electron chi connectivity index (χ2n) is 10.5. The van der Waals surface area contributed by atoms with Crippen LogP contribution in [0.5, 0.6) is 0 Å². The van der Waals surface area contributed by atoms with E-state index < -0.39 is 43.9 Å². The van der Waals surface area contributed by atoms with E-state index in [2.05, 4.69) is 20.8 Å². The lowest BCUT2D eigenvalue weighted by Crippen LogP contribution is -2.68. The summed E-state index contributed by atoms with van der Waals surface area (Å²) in [4.78, 5) is 26.5. The molecule has 0 amide bonds. The minimum Gasteiger partial charge on any atom is -0.454 e. The average Bonchev–Trinajstić information content (AvgIpc) is 2.97. The van der Waals surface area contributed by atoms with E-state index in [1.807, 2.05) is 66.7 Å². The number of benzene rings is 4. The first-order valence-corrected chi connectivity index (χ1v) is 14.9. The van der Waals surface area contributed by atoms with E-state index in [1.165, 1.54) is 0 Å². The summed E-state index contributed by atoms with van der Waals surface area (Å²) in [5, 5.41) is 13.1. The second-order valence-corrected chi connectivity index (χ2v) is 14.7. The molecule has 0 saturated carbocycles. The van der Waals surface area contributed by atoms with Crippen molar-refractivity contribution in [3.63, 3.8) is 0 Å². The first-order valence-electron chi connectivity index (χ1n) is 13.0. The van der Waals surface area contributed by atoms with Crippen LogP contribution in [0, 0.1) is 0 Å². The average molecular weight is 539 g/mol. The summed E-state index contributed by atoms with van der Waals surface area (Å²) in [5.41, 5.74) is 0.890. The fourth-order valence-corrected chi connectivity index (χ4v) is 9.55.